The van der Waals surface area contributed by atoms with Gasteiger partial charge in [0.25, 0.3) is 0 Å². The minimum Gasteiger partial charge on any atom is -0.542 e. The molecule has 1 atom stereocenters. The lowest BCUT2D eigenvalue weighted by atomic mass is 9.92. The molecule has 0 fully saturated rings. The zero-order valence-electron chi connectivity index (χ0n) is 18.8. The number of carboxylic acid groups (broad SMARTS) is 1. The van der Waals surface area contributed by atoms with Crippen molar-refractivity contribution in [3.8, 4) is 0 Å². The van der Waals surface area contributed by atoms with Gasteiger partial charge in [0.2, 0.25) is 5.91 Å². The molecule has 0 unspecified atom stereocenters. The minimum atomic E-state index is -5.19. The second-order valence-corrected chi connectivity index (χ2v) is 8.41. The quantitative estimate of drug-likeness (QED) is 0.503. The predicted molar refractivity (Wildman–Crippen MR) is 123 cm³/mol. The average molecular weight is 530 g/mol. The summed E-state index contributed by atoms with van der Waals surface area (Å²) in [6.45, 7) is 4.31. The number of halogens is 5. The fraction of sp³-hybridized carbons (Fsp3) is 0.304. The van der Waals surface area contributed by atoms with E-state index in [-0.39, 0.29) is 18.4 Å². The Hall–Kier alpha value is -3.11. The van der Waals surface area contributed by atoms with Gasteiger partial charge in [0.15, 0.2) is 0 Å². The number of carbonyl (C=O) groups excluding carboxylic acids is 2. The predicted octanol–water partition coefficient (Wildman–Crippen LogP) is 3.64. The van der Waals surface area contributed by atoms with E-state index < -0.39 is 12.1 Å². The van der Waals surface area contributed by atoms with Crippen molar-refractivity contribution in [3.05, 3.63) is 81.4 Å². The Morgan fingerprint density at radius 1 is 1.03 bits per heavy atom. The maximum Gasteiger partial charge on any atom is 0.430 e. The number of aromatic nitrogens is 3. The molecule has 0 spiro atoms. The van der Waals surface area contributed by atoms with Gasteiger partial charge in [0.05, 0.1) is 0 Å². The van der Waals surface area contributed by atoms with Gasteiger partial charge in [0.1, 0.15) is 24.2 Å². The molecule has 0 bridgehead atoms. The molecule has 0 saturated carbocycles. The van der Waals surface area contributed by atoms with Gasteiger partial charge in [-0.1, -0.05) is 47.5 Å². The van der Waals surface area contributed by atoms with Crippen molar-refractivity contribution in [1.82, 2.24) is 20.1 Å². The van der Waals surface area contributed by atoms with Gasteiger partial charge < -0.3 is 15.2 Å². The molecular formula is C23H22Cl2F3N4O3-. The molecule has 188 valence electrons. The normalized spacial score (nSPS) is 11.9. The van der Waals surface area contributed by atoms with E-state index in [0.717, 1.165) is 23.4 Å². The van der Waals surface area contributed by atoms with Crippen molar-refractivity contribution >= 4 is 35.1 Å². The second kappa shape index (κ2) is 12.6. The van der Waals surface area contributed by atoms with Gasteiger partial charge in [-0.2, -0.15) is 18.3 Å². The van der Waals surface area contributed by atoms with Crippen molar-refractivity contribution in [3.63, 3.8) is 0 Å². The molecule has 3 rings (SSSR count). The number of hydrogen-bond acceptors (Lipinski definition) is 5. The molecular weight excluding hydrogens is 508 g/mol. The average Bonchev–Trinajstić information content (AvgIpc) is 3.09. The maximum atomic E-state index is 12.4. The molecule has 1 N–H and O–H groups in total. The van der Waals surface area contributed by atoms with Crippen molar-refractivity contribution in [2.24, 2.45) is 0 Å². The van der Waals surface area contributed by atoms with E-state index in [2.05, 4.69) is 15.4 Å². The van der Waals surface area contributed by atoms with Crippen LogP contribution in [0.1, 0.15) is 28.7 Å². The first kappa shape index (κ1) is 28.1. The summed E-state index contributed by atoms with van der Waals surface area (Å²) >= 11 is 12.0. The third kappa shape index (κ3) is 9.58. The van der Waals surface area contributed by atoms with Crippen LogP contribution in [0.25, 0.3) is 0 Å². The highest BCUT2D eigenvalue weighted by molar-refractivity contribution is 6.30. The van der Waals surface area contributed by atoms with Crippen molar-refractivity contribution < 1.29 is 27.9 Å². The first-order chi connectivity index (χ1) is 16.3. The van der Waals surface area contributed by atoms with Crippen molar-refractivity contribution in [1.29, 1.82) is 0 Å². The summed E-state index contributed by atoms with van der Waals surface area (Å²) in [6, 6.07) is 15.5. The van der Waals surface area contributed by atoms with E-state index in [1.807, 2.05) is 62.4 Å². The molecule has 0 aliphatic heterocycles. The number of aliphatic carboxylic acids is 1. The summed E-state index contributed by atoms with van der Waals surface area (Å²) in [5, 5.41) is 17.4. The van der Waals surface area contributed by atoms with Crippen LogP contribution >= 0.6 is 23.2 Å². The number of aryl methyl sites for hydroxylation is 2. The van der Waals surface area contributed by atoms with Crippen LogP contribution in [0.4, 0.5) is 13.2 Å². The van der Waals surface area contributed by atoms with Gasteiger partial charge in [-0.25, -0.2) is 9.67 Å². The van der Waals surface area contributed by atoms with Crippen molar-refractivity contribution in [2.75, 3.05) is 6.54 Å². The lowest BCUT2D eigenvalue weighted by Gasteiger charge is -2.19. The van der Waals surface area contributed by atoms with Crippen LogP contribution in [-0.4, -0.2) is 39.4 Å². The number of amides is 1. The van der Waals surface area contributed by atoms with Gasteiger partial charge >= 0.3 is 6.18 Å². The highest BCUT2D eigenvalue weighted by Gasteiger charge is 2.28. The van der Waals surface area contributed by atoms with Gasteiger partial charge in [-0.05, 0) is 55.7 Å². The Bertz CT molecular complexity index is 1130. The monoisotopic (exact) mass is 529 g/mol. The number of nitrogens with one attached hydrogen (secondary N) is 1. The first-order valence-corrected chi connectivity index (χ1v) is 11.0. The number of nitrogens with zero attached hydrogens (tertiary/aromatic N) is 3. The molecule has 1 amide bonds. The zero-order chi connectivity index (χ0) is 26.2. The molecule has 2 aromatic carbocycles. The van der Waals surface area contributed by atoms with Crippen LogP contribution in [0.15, 0.2) is 48.5 Å². The number of hydrogen-bond donors (Lipinski definition) is 1. The van der Waals surface area contributed by atoms with Crippen LogP contribution < -0.4 is 10.4 Å². The van der Waals surface area contributed by atoms with E-state index in [1.165, 1.54) is 0 Å². The van der Waals surface area contributed by atoms with E-state index in [1.54, 1.807) is 4.68 Å². The van der Waals surface area contributed by atoms with Gasteiger partial charge in [0, 0.05) is 22.5 Å². The second-order valence-electron chi connectivity index (χ2n) is 7.53. The zero-order valence-corrected chi connectivity index (χ0v) is 20.3. The third-order valence-electron chi connectivity index (χ3n) is 4.77. The Balaban J connectivity index is 0.000000540. The van der Waals surface area contributed by atoms with Crippen LogP contribution in [-0.2, 0) is 22.6 Å². The summed E-state index contributed by atoms with van der Waals surface area (Å²) in [4.78, 5) is 25.4. The van der Waals surface area contributed by atoms with Crippen LogP contribution in [0.5, 0.6) is 0 Å². The number of alkyl halides is 3. The smallest absolute Gasteiger partial charge is 0.430 e. The van der Waals surface area contributed by atoms with Crippen LogP contribution in [0.2, 0.25) is 10.0 Å². The number of carboxylic acids is 1. The minimum absolute atomic E-state index is 0.0944. The first-order valence-electron chi connectivity index (χ1n) is 10.3. The summed E-state index contributed by atoms with van der Waals surface area (Å²) < 4.78 is 33.2. The van der Waals surface area contributed by atoms with Gasteiger partial charge in [-0.15, -0.1) is 0 Å². The van der Waals surface area contributed by atoms with Gasteiger partial charge in [-0.3, -0.25) is 4.79 Å². The molecule has 7 nitrogen and oxygen atoms in total. The standard InChI is InChI=1S/C21H22Cl2N4O.C2HF3O2/c1-14-25-15(2)27(26-14)13-21(28)24-12-18(17-5-9-20(23)10-6-17)11-16-3-7-19(22)8-4-16;3-2(4,5)1(6)7/h3-10,18H,11-13H2,1-2H3,(H,24,28);(H,6,7)/p-1/t18-;/m0./s1. The summed E-state index contributed by atoms with van der Waals surface area (Å²) in [5.74, 6) is -1.60. The summed E-state index contributed by atoms with van der Waals surface area (Å²) in [5.41, 5.74) is 2.27. The number of benzene rings is 2. The van der Waals surface area contributed by atoms with Crippen LogP contribution in [0.3, 0.4) is 0 Å². The molecule has 0 aliphatic carbocycles. The molecule has 35 heavy (non-hydrogen) atoms. The SMILES string of the molecule is Cc1nc(C)n(CC(=O)NC[C@H](Cc2ccc(Cl)cc2)c2ccc(Cl)cc2)n1.O=C([O-])C(F)(F)F. The molecule has 3 aromatic rings. The van der Waals surface area contributed by atoms with Crippen LogP contribution in [0, 0.1) is 13.8 Å². The summed E-state index contributed by atoms with van der Waals surface area (Å²) in [6.07, 6.45) is -4.42. The molecule has 0 radical (unpaired) electrons. The van der Waals surface area contributed by atoms with E-state index >= 15 is 0 Å². The Morgan fingerprint density at radius 2 is 1.54 bits per heavy atom. The fourth-order valence-corrected chi connectivity index (χ4v) is 3.34. The Labute approximate surface area is 209 Å². The Kier molecular flexibility index (Phi) is 10.1. The highest BCUT2D eigenvalue weighted by Crippen LogP contribution is 2.23. The molecule has 1 heterocycles. The topological polar surface area (TPSA) is 99.9 Å². The van der Waals surface area contributed by atoms with E-state index in [4.69, 9.17) is 33.1 Å². The third-order valence-corrected chi connectivity index (χ3v) is 5.27. The van der Waals surface area contributed by atoms with E-state index in [0.29, 0.717) is 22.4 Å². The number of rotatable bonds is 7. The largest absolute Gasteiger partial charge is 0.542 e. The van der Waals surface area contributed by atoms with Crippen molar-refractivity contribution in [2.45, 2.75) is 38.9 Å². The fourth-order valence-electron chi connectivity index (χ4n) is 3.09. The lowest BCUT2D eigenvalue weighted by molar-refractivity contribution is -0.344. The molecule has 1 aromatic heterocycles. The summed E-state index contributed by atoms with van der Waals surface area (Å²) in [7, 11) is 0. The molecule has 0 aliphatic rings. The highest BCUT2D eigenvalue weighted by atomic mass is 35.5. The Morgan fingerprint density at radius 3 is 2.00 bits per heavy atom. The number of carbonyl (C=O) groups is 2. The van der Waals surface area contributed by atoms with E-state index in [9.17, 15) is 18.0 Å². The lowest BCUT2D eigenvalue weighted by Crippen LogP contribution is -2.37. The maximum absolute atomic E-state index is 12.4. The molecule has 12 heteroatoms. The molecule has 0 saturated heterocycles.